The van der Waals surface area contributed by atoms with Gasteiger partial charge in [0.25, 0.3) is 0 Å². The Bertz CT molecular complexity index is 585. The van der Waals surface area contributed by atoms with E-state index in [1.54, 1.807) is 0 Å². The third kappa shape index (κ3) is 2.80. The number of fused-ring (bicyclic) bond motifs is 1. The molecule has 0 saturated carbocycles. The Morgan fingerprint density at radius 1 is 1.15 bits per heavy atom. The highest BCUT2D eigenvalue weighted by atomic mass is 16.5. The van der Waals surface area contributed by atoms with Crippen LogP contribution >= 0.6 is 0 Å². The van der Waals surface area contributed by atoms with Gasteiger partial charge >= 0.3 is 0 Å². The molecule has 4 nitrogen and oxygen atoms in total. The van der Waals surface area contributed by atoms with Crippen LogP contribution < -0.4 is 4.74 Å². The van der Waals surface area contributed by atoms with Gasteiger partial charge in [-0.25, -0.2) is 4.52 Å². The molecule has 0 N–H and O–H groups in total. The molecule has 1 fully saturated rings. The van der Waals surface area contributed by atoms with Crippen molar-refractivity contribution in [3.8, 4) is 5.88 Å². The molecule has 0 amide bonds. The topological polar surface area (TPSA) is 29.8 Å². The molecular weight excluding hydrogens is 250 g/mol. The molecule has 1 aliphatic rings. The van der Waals surface area contributed by atoms with Crippen molar-refractivity contribution in [1.82, 2.24) is 14.5 Å². The predicted molar refractivity (Wildman–Crippen MR) is 80.5 cm³/mol. The van der Waals surface area contributed by atoms with Crippen molar-refractivity contribution < 1.29 is 4.74 Å². The molecule has 0 bridgehead atoms. The molecule has 0 radical (unpaired) electrons. The van der Waals surface area contributed by atoms with Crippen LogP contribution in [0.3, 0.4) is 0 Å². The van der Waals surface area contributed by atoms with Crippen LogP contribution in [0.5, 0.6) is 5.88 Å². The summed E-state index contributed by atoms with van der Waals surface area (Å²) in [7, 11) is 0. The molecule has 2 aromatic heterocycles. The lowest BCUT2D eigenvalue weighted by atomic mass is 10.1. The van der Waals surface area contributed by atoms with Gasteiger partial charge in [-0.15, -0.1) is 5.10 Å². The first-order chi connectivity index (χ1) is 9.74. The maximum absolute atomic E-state index is 5.81. The van der Waals surface area contributed by atoms with Gasteiger partial charge in [0, 0.05) is 18.3 Å². The van der Waals surface area contributed by atoms with E-state index < -0.39 is 0 Å². The molecular formula is C16H23N3O. The molecule has 3 heterocycles. The highest BCUT2D eigenvalue weighted by Crippen LogP contribution is 2.17. The van der Waals surface area contributed by atoms with E-state index in [-0.39, 0.29) is 0 Å². The number of likely N-dealkylation sites (tertiary alicyclic amines) is 1. The van der Waals surface area contributed by atoms with Crippen molar-refractivity contribution in [2.24, 2.45) is 0 Å². The molecule has 0 aliphatic carbocycles. The summed E-state index contributed by atoms with van der Waals surface area (Å²) in [6.07, 6.45) is 4.03. The van der Waals surface area contributed by atoms with E-state index in [1.165, 1.54) is 43.6 Å². The van der Waals surface area contributed by atoms with Crippen molar-refractivity contribution in [3.63, 3.8) is 0 Å². The zero-order valence-electron chi connectivity index (χ0n) is 12.4. The lowest BCUT2D eigenvalue weighted by molar-refractivity contribution is 0.180. The number of hydrogen-bond acceptors (Lipinski definition) is 3. The van der Waals surface area contributed by atoms with Crippen molar-refractivity contribution in [3.05, 3.63) is 29.5 Å². The van der Waals surface area contributed by atoms with E-state index in [2.05, 4.69) is 36.0 Å². The summed E-state index contributed by atoms with van der Waals surface area (Å²) >= 11 is 0. The first-order valence-corrected chi connectivity index (χ1v) is 7.55. The average Bonchev–Trinajstić information content (AvgIpc) is 2.88. The third-order valence-corrected chi connectivity index (χ3v) is 4.21. The van der Waals surface area contributed by atoms with Gasteiger partial charge in [0.2, 0.25) is 5.88 Å². The Hall–Kier alpha value is -1.55. The standard InChI is InChI=1S/C16H23N3O/c1-13-6-7-15-12-16(17-19(15)14(13)2)20-11-10-18-8-4-3-5-9-18/h6-7,12H,3-5,8-11H2,1-2H3. The SMILES string of the molecule is Cc1ccc2cc(OCCN3CCCCC3)nn2c1C. The maximum Gasteiger partial charge on any atom is 0.233 e. The summed E-state index contributed by atoms with van der Waals surface area (Å²) in [5.41, 5.74) is 3.52. The number of hydrogen-bond donors (Lipinski definition) is 0. The number of pyridine rings is 1. The number of rotatable bonds is 4. The second kappa shape index (κ2) is 5.83. The normalized spacial score (nSPS) is 16.7. The van der Waals surface area contributed by atoms with Gasteiger partial charge in [-0.1, -0.05) is 12.5 Å². The average molecular weight is 273 g/mol. The number of aromatic nitrogens is 2. The molecule has 4 heteroatoms. The molecule has 0 unspecified atom stereocenters. The van der Waals surface area contributed by atoms with Gasteiger partial charge in [0.15, 0.2) is 0 Å². The van der Waals surface area contributed by atoms with Crippen LogP contribution in [0.15, 0.2) is 18.2 Å². The summed E-state index contributed by atoms with van der Waals surface area (Å²) < 4.78 is 7.78. The number of ether oxygens (including phenoxy) is 1. The Kier molecular flexibility index (Phi) is 3.92. The van der Waals surface area contributed by atoms with E-state index in [4.69, 9.17) is 4.74 Å². The third-order valence-electron chi connectivity index (χ3n) is 4.21. The molecule has 1 saturated heterocycles. The van der Waals surface area contributed by atoms with Crippen LogP contribution in [0.4, 0.5) is 0 Å². The molecule has 3 rings (SSSR count). The van der Waals surface area contributed by atoms with Crippen LogP contribution in [0.25, 0.3) is 5.52 Å². The van der Waals surface area contributed by atoms with E-state index in [9.17, 15) is 0 Å². The number of piperidine rings is 1. The van der Waals surface area contributed by atoms with E-state index in [0.29, 0.717) is 0 Å². The summed E-state index contributed by atoms with van der Waals surface area (Å²) in [5, 5.41) is 4.53. The lowest BCUT2D eigenvalue weighted by Gasteiger charge is -2.25. The van der Waals surface area contributed by atoms with Gasteiger partial charge in [0.1, 0.15) is 6.61 Å². The minimum atomic E-state index is 0.724. The lowest BCUT2D eigenvalue weighted by Crippen LogP contribution is -2.33. The quantitative estimate of drug-likeness (QED) is 0.858. The number of aryl methyl sites for hydroxylation is 2. The van der Waals surface area contributed by atoms with Gasteiger partial charge < -0.3 is 4.74 Å². The van der Waals surface area contributed by atoms with Gasteiger partial charge in [-0.05, 0) is 51.4 Å². The minimum absolute atomic E-state index is 0.724. The summed E-state index contributed by atoms with van der Waals surface area (Å²) in [4.78, 5) is 2.48. The highest BCUT2D eigenvalue weighted by molar-refractivity contribution is 5.51. The van der Waals surface area contributed by atoms with Crippen LogP contribution in [-0.4, -0.2) is 40.8 Å². The minimum Gasteiger partial charge on any atom is -0.475 e. The Morgan fingerprint density at radius 2 is 1.95 bits per heavy atom. The smallest absolute Gasteiger partial charge is 0.233 e. The monoisotopic (exact) mass is 273 g/mol. The second-order valence-electron chi connectivity index (χ2n) is 5.67. The van der Waals surface area contributed by atoms with Crippen LogP contribution in [0, 0.1) is 13.8 Å². The molecule has 0 aromatic carbocycles. The summed E-state index contributed by atoms with van der Waals surface area (Å²) in [6.45, 7) is 8.35. The second-order valence-corrected chi connectivity index (χ2v) is 5.67. The Labute approximate surface area is 120 Å². The summed E-state index contributed by atoms with van der Waals surface area (Å²) in [5.74, 6) is 0.732. The van der Waals surface area contributed by atoms with Crippen LogP contribution in [0.2, 0.25) is 0 Å². The first-order valence-electron chi connectivity index (χ1n) is 7.55. The molecule has 108 valence electrons. The number of nitrogens with zero attached hydrogens (tertiary/aromatic N) is 3. The summed E-state index contributed by atoms with van der Waals surface area (Å²) in [6, 6.07) is 6.24. The molecule has 20 heavy (non-hydrogen) atoms. The van der Waals surface area contributed by atoms with Crippen LogP contribution in [-0.2, 0) is 0 Å². The van der Waals surface area contributed by atoms with Gasteiger partial charge in [-0.3, -0.25) is 4.90 Å². The van der Waals surface area contributed by atoms with E-state index in [1.807, 2.05) is 10.6 Å². The zero-order valence-corrected chi connectivity index (χ0v) is 12.4. The maximum atomic E-state index is 5.81. The fourth-order valence-electron chi connectivity index (χ4n) is 2.79. The molecule has 0 atom stereocenters. The van der Waals surface area contributed by atoms with Crippen molar-refractivity contribution in [2.75, 3.05) is 26.2 Å². The zero-order chi connectivity index (χ0) is 13.9. The molecule has 2 aromatic rings. The Balaban J connectivity index is 1.61. The molecule has 0 spiro atoms. The van der Waals surface area contributed by atoms with Crippen LogP contribution in [0.1, 0.15) is 30.5 Å². The Morgan fingerprint density at radius 3 is 2.75 bits per heavy atom. The fraction of sp³-hybridized carbons (Fsp3) is 0.562. The largest absolute Gasteiger partial charge is 0.475 e. The van der Waals surface area contributed by atoms with Gasteiger partial charge in [-0.2, -0.15) is 0 Å². The molecule has 1 aliphatic heterocycles. The van der Waals surface area contributed by atoms with Crippen molar-refractivity contribution in [2.45, 2.75) is 33.1 Å². The van der Waals surface area contributed by atoms with E-state index in [0.717, 1.165) is 24.5 Å². The van der Waals surface area contributed by atoms with Gasteiger partial charge in [0.05, 0.1) is 5.52 Å². The van der Waals surface area contributed by atoms with E-state index >= 15 is 0 Å². The fourth-order valence-corrected chi connectivity index (χ4v) is 2.79. The van der Waals surface area contributed by atoms with Crippen molar-refractivity contribution in [1.29, 1.82) is 0 Å². The van der Waals surface area contributed by atoms with Crippen molar-refractivity contribution >= 4 is 5.52 Å². The first kappa shape index (κ1) is 13.4. The highest BCUT2D eigenvalue weighted by Gasteiger charge is 2.10. The predicted octanol–water partition coefficient (Wildman–Crippen LogP) is 2.82.